The fourth-order valence-electron chi connectivity index (χ4n) is 5.31. The molecule has 1 aliphatic heterocycles. The van der Waals surface area contributed by atoms with E-state index in [0.29, 0.717) is 0 Å². The standard InChI is InChI=1S/C24H42N2/c1-3-13-23-21-15-7-8-16-22(21)24(14-4-2)26(23)20-12-6-11-19-25-17-9-5-10-18-25/h3-20H2,1-2H3. The zero-order valence-electron chi connectivity index (χ0n) is 17.6. The molecule has 0 atom stereocenters. The van der Waals surface area contributed by atoms with Gasteiger partial charge in [-0.3, -0.25) is 0 Å². The van der Waals surface area contributed by atoms with Crippen molar-refractivity contribution in [3.8, 4) is 0 Å². The summed E-state index contributed by atoms with van der Waals surface area (Å²) < 4.78 is 2.80. The van der Waals surface area contributed by atoms with Crippen LogP contribution in [0.2, 0.25) is 0 Å². The fraction of sp³-hybridized carbons (Fsp3) is 0.833. The van der Waals surface area contributed by atoms with E-state index in [1.807, 2.05) is 0 Å². The molecule has 0 saturated carbocycles. The molecule has 2 aliphatic rings. The van der Waals surface area contributed by atoms with Crippen LogP contribution in [-0.2, 0) is 32.2 Å². The topological polar surface area (TPSA) is 8.17 Å². The van der Waals surface area contributed by atoms with Crippen LogP contribution in [0.3, 0.4) is 0 Å². The maximum Gasteiger partial charge on any atom is 0.0225 e. The van der Waals surface area contributed by atoms with E-state index in [-0.39, 0.29) is 0 Å². The normalized spacial score (nSPS) is 18.2. The maximum atomic E-state index is 2.80. The second-order valence-electron chi connectivity index (χ2n) is 8.67. The third-order valence-corrected chi connectivity index (χ3v) is 6.59. The Morgan fingerprint density at radius 3 is 1.81 bits per heavy atom. The van der Waals surface area contributed by atoms with E-state index < -0.39 is 0 Å². The Kier molecular flexibility index (Phi) is 8.10. The van der Waals surface area contributed by atoms with E-state index in [4.69, 9.17) is 0 Å². The first-order valence-corrected chi connectivity index (χ1v) is 11.8. The summed E-state index contributed by atoms with van der Waals surface area (Å²) in [6.45, 7) is 10.0. The fourth-order valence-corrected chi connectivity index (χ4v) is 5.31. The lowest BCUT2D eigenvalue weighted by Crippen LogP contribution is -2.30. The van der Waals surface area contributed by atoms with Crippen molar-refractivity contribution in [2.45, 2.75) is 110 Å². The predicted molar refractivity (Wildman–Crippen MR) is 113 cm³/mol. The molecular weight excluding hydrogens is 316 g/mol. The number of piperidine rings is 1. The van der Waals surface area contributed by atoms with Gasteiger partial charge >= 0.3 is 0 Å². The van der Waals surface area contributed by atoms with Gasteiger partial charge in [-0.25, -0.2) is 0 Å². The molecule has 148 valence electrons. The number of nitrogens with zero attached hydrogens (tertiary/aromatic N) is 2. The quantitative estimate of drug-likeness (QED) is 0.471. The maximum absolute atomic E-state index is 2.80. The second-order valence-corrected chi connectivity index (χ2v) is 8.67. The molecule has 26 heavy (non-hydrogen) atoms. The number of hydrogen-bond donors (Lipinski definition) is 0. The van der Waals surface area contributed by atoms with Crippen LogP contribution in [0.5, 0.6) is 0 Å². The highest BCUT2D eigenvalue weighted by Crippen LogP contribution is 2.32. The number of likely N-dealkylation sites (tertiary alicyclic amines) is 1. The van der Waals surface area contributed by atoms with Crippen molar-refractivity contribution in [3.63, 3.8) is 0 Å². The van der Waals surface area contributed by atoms with Crippen LogP contribution in [0.4, 0.5) is 0 Å². The number of fused-ring (bicyclic) bond motifs is 1. The molecule has 0 aromatic carbocycles. The van der Waals surface area contributed by atoms with E-state index in [2.05, 4.69) is 23.3 Å². The first-order valence-electron chi connectivity index (χ1n) is 11.8. The highest BCUT2D eigenvalue weighted by atomic mass is 15.1. The van der Waals surface area contributed by atoms with E-state index >= 15 is 0 Å². The zero-order valence-corrected chi connectivity index (χ0v) is 17.6. The first-order chi connectivity index (χ1) is 12.8. The molecule has 0 radical (unpaired) electrons. The molecule has 1 saturated heterocycles. The number of rotatable bonds is 10. The lowest BCUT2D eigenvalue weighted by molar-refractivity contribution is 0.224. The summed E-state index contributed by atoms with van der Waals surface area (Å²) >= 11 is 0. The van der Waals surface area contributed by atoms with Gasteiger partial charge in [-0.2, -0.15) is 0 Å². The van der Waals surface area contributed by atoms with Gasteiger partial charge in [0, 0.05) is 17.9 Å². The average molecular weight is 359 g/mol. The molecule has 0 N–H and O–H groups in total. The van der Waals surface area contributed by atoms with Gasteiger partial charge in [-0.15, -0.1) is 0 Å². The van der Waals surface area contributed by atoms with Gasteiger partial charge in [-0.05, 0) is 95.0 Å². The predicted octanol–water partition coefficient (Wildman–Crippen LogP) is 5.93. The Bertz CT molecular complexity index is 503. The molecule has 0 unspecified atom stereocenters. The first kappa shape index (κ1) is 20.0. The highest BCUT2D eigenvalue weighted by molar-refractivity contribution is 5.41. The van der Waals surface area contributed by atoms with Gasteiger partial charge in [0.15, 0.2) is 0 Å². The average Bonchev–Trinajstić information content (AvgIpc) is 2.96. The largest absolute Gasteiger partial charge is 0.348 e. The monoisotopic (exact) mass is 358 g/mol. The van der Waals surface area contributed by atoms with E-state index in [1.165, 1.54) is 116 Å². The highest BCUT2D eigenvalue weighted by Gasteiger charge is 2.23. The minimum absolute atomic E-state index is 1.28. The minimum Gasteiger partial charge on any atom is -0.348 e. The van der Waals surface area contributed by atoms with Crippen molar-refractivity contribution in [2.24, 2.45) is 0 Å². The Morgan fingerprint density at radius 1 is 0.654 bits per heavy atom. The van der Waals surface area contributed by atoms with Gasteiger partial charge < -0.3 is 9.47 Å². The van der Waals surface area contributed by atoms with Gasteiger partial charge in [0.2, 0.25) is 0 Å². The van der Waals surface area contributed by atoms with Crippen molar-refractivity contribution in [1.82, 2.24) is 9.47 Å². The molecule has 2 heterocycles. The van der Waals surface area contributed by atoms with E-state index in [9.17, 15) is 0 Å². The Balaban J connectivity index is 1.59. The minimum atomic E-state index is 1.28. The Hall–Kier alpha value is -0.760. The number of aromatic nitrogens is 1. The lowest BCUT2D eigenvalue weighted by Gasteiger charge is -2.26. The molecule has 2 nitrogen and oxygen atoms in total. The van der Waals surface area contributed by atoms with Gasteiger partial charge in [-0.1, -0.05) is 39.5 Å². The van der Waals surface area contributed by atoms with Crippen LogP contribution in [0, 0.1) is 0 Å². The summed E-state index contributed by atoms with van der Waals surface area (Å²) in [4.78, 5) is 2.70. The molecule has 0 bridgehead atoms. The Labute approximate surface area is 162 Å². The van der Waals surface area contributed by atoms with Crippen molar-refractivity contribution >= 4 is 0 Å². The van der Waals surface area contributed by atoms with Crippen molar-refractivity contribution in [2.75, 3.05) is 19.6 Å². The van der Waals surface area contributed by atoms with Crippen molar-refractivity contribution in [1.29, 1.82) is 0 Å². The van der Waals surface area contributed by atoms with Crippen LogP contribution < -0.4 is 0 Å². The molecule has 1 fully saturated rings. The summed E-state index contributed by atoms with van der Waals surface area (Å²) in [5.74, 6) is 0. The molecule has 1 aromatic heterocycles. The SMILES string of the molecule is CCCc1c2c(c(CCC)n1CCCCCN1CCCCC1)CCCC2. The second kappa shape index (κ2) is 10.5. The summed E-state index contributed by atoms with van der Waals surface area (Å²) in [5, 5.41) is 0. The molecule has 0 amide bonds. The van der Waals surface area contributed by atoms with Crippen molar-refractivity contribution < 1.29 is 0 Å². The van der Waals surface area contributed by atoms with Crippen LogP contribution in [0.15, 0.2) is 0 Å². The summed E-state index contributed by atoms with van der Waals surface area (Å²) in [7, 11) is 0. The van der Waals surface area contributed by atoms with Crippen LogP contribution >= 0.6 is 0 Å². The third-order valence-electron chi connectivity index (χ3n) is 6.59. The Morgan fingerprint density at radius 2 is 1.23 bits per heavy atom. The van der Waals surface area contributed by atoms with Gasteiger partial charge in [0.25, 0.3) is 0 Å². The van der Waals surface area contributed by atoms with Crippen LogP contribution in [0.1, 0.15) is 101 Å². The molecule has 3 rings (SSSR count). The van der Waals surface area contributed by atoms with Crippen molar-refractivity contribution in [3.05, 3.63) is 22.5 Å². The molecule has 0 spiro atoms. The summed E-state index contributed by atoms with van der Waals surface area (Å²) in [6.07, 6.45) is 19.2. The summed E-state index contributed by atoms with van der Waals surface area (Å²) in [5.41, 5.74) is 6.99. The van der Waals surface area contributed by atoms with Gasteiger partial charge in [0.05, 0.1) is 0 Å². The van der Waals surface area contributed by atoms with Crippen LogP contribution in [-0.4, -0.2) is 29.1 Å². The molecular formula is C24H42N2. The summed E-state index contributed by atoms with van der Waals surface area (Å²) in [6, 6.07) is 0. The molecule has 1 aliphatic carbocycles. The van der Waals surface area contributed by atoms with E-state index in [0.717, 1.165) is 0 Å². The third kappa shape index (κ3) is 4.94. The number of hydrogen-bond acceptors (Lipinski definition) is 1. The van der Waals surface area contributed by atoms with Gasteiger partial charge in [0.1, 0.15) is 0 Å². The van der Waals surface area contributed by atoms with E-state index in [1.54, 1.807) is 22.5 Å². The smallest absolute Gasteiger partial charge is 0.0225 e. The molecule has 1 aromatic rings. The lowest BCUT2D eigenvalue weighted by atomic mass is 9.90. The zero-order chi connectivity index (χ0) is 18.2. The number of unbranched alkanes of at least 4 members (excludes halogenated alkanes) is 2. The van der Waals surface area contributed by atoms with Crippen LogP contribution in [0.25, 0.3) is 0 Å². The molecule has 2 heteroatoms.